The van der Waals surface area contributed by atoms with E-state index in [-0.39, 0.29) is 29.4 Å². The minimum absolute atomic E-state index is 0.0108. The summed E-state index contributed by atoms with van der Waals surface area (Å²) >= 11 is 0. The van der Waals surface area contributed by atoms with Crippen molar-refractivity contribution in [1.29, 1.82) is 0 Å². The fraction of sp³-hybridized carbons (Fsp3) is 0.190. The molecule has 0 spiro atoms. The summed E-state index contributed by atoms with van der Waals surface area (Å²) in [6, 6.07) is 11.4. The number of nitrogens with zero attached hydrogens (tertiary/aromatic N) is 3. The van der Waals surface area contributed by atoms with Gasteiger partial charge in [-0.1, -0.05) is 29.4 Å². The molecule has 0 radical (unpaired) electrons. The molecule has 10 nitrogen and oxygen atoms in total. The molecule has 0 aliphatic carbocycles. The number of aryl methyl sites for hydroxylation is 1. The van der Waals surface area contributed by atoms with E-state index in [0.717, 1.165) is 0 Å². The van der Waals surface area contributed by atoms with E-state index in [9.17, 15) is 20.2 Å². The molecular formula is C21H19N3O7. The molecule has 2 aromatic carbocycles. The second kappa shape index (κ2) is 9.53. The first kappa shape index (κ1) is 21.5. The van der Waals surface area contributed by atoms with E-state index >= 15 is 0 Å². The van der Waals surface area contributed by atoms with E-state index in [2.05, 4.69) is 5.16 Å². The zero-order valence-electron chi connectivity index (χ0n) is 16.8. The highest BCUT2D eigenvalue weighted by molar-refractivity contribution is 5.72. The Kier molecular flexibility index (Phi) is 6.61. The standard InChI is InChI=1S/C21H19N3O7/c1-3-29-20-12-15(8-10-19-21(24(27)28)14(2)22-31-19)7-9-18(20)30-13-16-5-4-6-17(11-16)23(25)26/h4-12H,3,13H2,1-2H3/b10-8-. The van der Waals surface area contributed by atoms with Gasteiger partial charge in [0.15, 0.2) is 17.2 Å². The number of rotatable bonds is 9. The van der Waals surface area contributed by atoms with Crippen molar-refractivity contribution in [1.82, 2.24) is 5.16 Å². The average molecular weight is 425 g/mol. The van der Waals surface area contributed by atoms with Crippen LogP contribution in [0.3, 0.4) is 0 Å². The number of nitro groups is 2. The molecule has 10 heteroatoms. The number of hydrogen-bond donors (Lipinski definition) is 0. The molecule has 3 aromatic rings. The number of benzene rings is 2. The summed E-state index contributed by atoms with van der Waals surface area (Å²) in [5.41, 5.74) is 1.36. The molecule has 0 saturated heterocycles. The number of non-ortho nitro benzene ring substituents is 1. The maximum absolute atomic E-state index is 11.1. The fourth-order valence-electron chi connectivity index (χ4n) is 2.82. The molecule has 0 amide bonds. The van der Waals surface area contributed by atoms with Crippen molar-refractivity contribution in [2.24, 2.45) is 0 Å². The molecule has 0 unspecified atom stereocenters. The van der Waals surface area contributed by atoms with Crippen LogP contribution in [-0.4, -0.2) is 21.6 Å². The highest BCUT2D eigenvalue weighted by Gasteiger charge is 2.22. The van der Waals surface area contributed by atoms with Crippen molar-refractivity contribution in [3.63, 3.8) is 0 Å². The Hall–Kier alpha value is -4.21. The Balaban J connectivity index is 1.79. The third kappa shape index (κ3) is 5.24. The quantitative estimate of drug-likeness (QED) is 0.348. The first-order valence-electron chi connectivity index (χ1n) is 9.30. The van der Waals surface area contributed by atoms with Crippen LogP contribution in [0.25, 0.3) is 12.2 Å². The largest absolute Gasteiger partial charge is 0.490 e. The van der Waals surface area contributed by atoms with Gasteiger partial charge >= 0.3 is 5.69 Å². The lowest BCUT2D eigenvalue weighted by molar-refractivity contribution is -0.386. The Morgan fingerprint density at radius 1 is 1.03 bits per heavy atom. The fourth-order valence-corrected chi connectivity index (χ4v) is 2.82. The number of ether oxygens (including phenoxy) is 2. The summed E-state index contributed by atoms with van der Waals surface area (Å²) in [4.78, 5) is 21.1. The van der Waals surface area contributed by atoms with Crippen molar-refractivity contribution in [2.45, 2.75) is 20.5 Å². The molecule has 1 heterocycles. The van der Waals surface area contributed by atoms with Crippen molar-refractivity contribution in [3.05, 3.63) is 85.3 Å². The third-order valence-corrected chi connectivity index (χ3v) is 4.25. The van der Waals surface area contributed by atoms with Gasteiger partial charge in [0.1, 0.15) is 6.61 Å². The van der Waals surface area contributed by atoms with Crippen LogP contribution in [0.5, 0.6) is 11.5 Å². The molecule has 0 N–H and O–H groups in total. The summed E-state index contributed by atoms with van der Waals surface area (Å²) in [7, 11) is 0. The minimum atomic E-state index is -0.540. The Labute approximate surface area is 177 Å². The summed E-state index contributed by atoms with van der Waals surface area (Å²) in [5.74, 6) is 0.983. The Morgan fingerprint density at radius 2 is 1.84 bits per heavy atom. The normalized spacial score (nSPS) is 10.9. The summed E-state index contributed by atoms with van der Waals surface area (Å²) in [6.45, 7) is 3.85. The molecule has 3 rings (SSSR count). The monoisotopic (exact) mass is 425 g/mol. The molecule has 1 aromatic heterocycles. The summed E-state index contributed by atoms with van der Waals surface area (Å²) in [5, 5.41) is 25.7. The highest BCUT2D eigenvalue weighted by atomic mass is 16.6. The van der Waals surface area contributed by atoms with E-state index < -0.39 is 9.85 Å². The lowest BCUT2D eigenvalue weighted by Gasteiger charge is -2.12. The maximum Gasteiger partial charge on any atom is 0.338 e. The van der Waals surface area contributed by atoms with Gasteiger partial charge in [-0.2, -0.15) is 0 Å². The van der Waals surface area contributed by atoms with Gasteiger partial charge in [0, 0.05) is 12.1 Å². The maximum atomic E-state index is 11.1. The van der Waals surface area contributed by atoms with E-state index in [0.29, 0.717) is 29.2 Å². The summed E-state index contributed by atoms with van der Waals surface area (Å²) < 4.78 is 16.4. The number of hydrogen-bond acceptors (Lipinski definition) is 8. The van der Waals surface area contributed by atoms with Crippen LogP contribution in [0, 0.1) is 27.2 Å². The van der Waals surface area contributed by atoms with Gasteiger partial charge < -0.3 is 14.0 Å². The minimum Gasteiger partial charge on any atom is -0.490 e. The van der Waals surface area contributed by atoms with Crippen molar-refractivity contribution < 1.29 is 23.8 Å². The molecule has 0 atom stereocenters. The van der Waals surface area contributed by atoms with Gasteiger partial charge in [0.05, 0.1) is 16.5 Å². The molecule has 0 fully saturated rings. The number of aromatic nitrogens is 1. The smallest absolute Gasteiger partial charge is 0.338 e. The zero-order valence-corrected chi connectivity index (χ0v) is 16.8. The molecule has 0 saturated carbocycles. The van der Waals surface area contributed by atoms with Gasteiger partial charge in [0.25, 0.3) is 5.69 Å². The SMILES string of the molecule is CCOc1cc(/C=C\c2onc(C)c2[N+](=O)[O-])ccc1OCc1cccc([N+](=O)[O-])c1. The molecule has 160 valence electrons. The van der Waals surface area contributed by atoms with E-state index in [1.807, 2.05) is 6.92 Å². The Bertz CT molecular complexity index is 1140. The predicted molar refractivity (Wildman–Crippen MR) is 112 cm³/mol. The lowest BCUT2D eigenvalue weighted by Crippen LogP contribution is -2.00. The van der Waals surface area contributed by atoms with Crippen LogP contribution in [0.1, 0.15) is 29.5 Å². The van der Waals surface area contributed by atoms with Crippen molar-refractivity contribution in [2.75, 3.05) is 6.61 Å². The van der Waals surface area contributed by atoms with Crippen LogP contribution in [-0.2, 0) is 6.61 Å². The first-order chi connectivity index (χ1) is 14.9. The van der Waals surface area contributed by atoms with Crippen LogP contribution in [0.15, 0.2) is 47.0 Å². The topological polar surface area (TPSA) is 131 Å². The van der Waals surface area contributed by atoms with Gasteiger partial charge in [-0.3, -0.25) is 20.2 Å². The molecule has 0 aliphatic heterocycles. The van der Waals surface area contributed by atoms with E-state index in [1.54, 1.807) is 36.4 Å². The molecule has 0 aliphatic rings. The van der Waals surface area contributed by atoms with Crippen LogP contribution in [0.4, 0.5) is 11.4 Å². The third-order valence-electron chi connectivity index (χ3n) is 4.25. The van der Waals surface area contributed by atoms with Gasteiger partial charge in [0.2, 0.25) is 5.76 Å². The molecule has 0 bridgehead atoms. The van der Waals surface area contributed by atoms with Crippen LogP contribution in [0.2, 0.25) is 0 Å². The first-order valence-corrected chi connectivity index (χ1v) is 9.30. The van der Waals surface area contributed by atoms with Crippen molar-refractivity contribution >= 4 is 23.5 Å². The molecular weight excluding hydrogens is 406 g/mol. The number of nitro benzene ring substituents is 1. The van der Waals surface area contributed by atoms with E-state index in [1.165, 1.54) is 25.1 Å². The van der Waals surface area contributed by atoms with Gasteiger partial charge in [-0.15, -0.1) is 0 Å². The Morgan fingerprint density at radius 3 is 2.55 bits per heavy atom. The lowest BCUT2D eigenvalue weighted by atomic mass is 10.1. The van der Waals surface area contributed by atoms with E-state index in [4.69, 9.17) is 14.0 Å². The van der Waals surface area contributed by atoms with Crippen LogP contribution < -0.4 is 9.47 Å². The molecule has 31 heavy (non-hydrogen) atoms. The van der Waals surface area contributed by atoms with Gasteiger partial charge in [-0.05, 0) is 43.2 Å². The zero-order chi connectivity index (χ0) is 22.4. The second-order valence-electron chi connectivity index (χ2n) is 6.43. The van der Waals surface area contributed by atoms with Gasteiger partial charge in [-0.25, -0.2) is 0 Å². The van der Waals surface area contributed by atoms with Crippen molar-refractivity contribution in [3.8, 4) is 11.5 Å². The highest BCUT2D eigenvalue weighted by Crippen LogP contribution is 2.31. The average Bonchev–Trinajstić information content (AvgIpc) is 3.12. The second-order valence-corrected chi connectivity index (χ2v) is 6.43. The summed E-state index contributed by atoms with van der Waals surface area (Å²) in [6.07, 6.45) is 3.10. The van der Waals surface area contributed by atoms with Crippen LogP contribution >= 0.6 is 0 Å². The predicted octanol–water partition coefficient (Wildman–Crippen LogP) is 4.95.